The Morgan fingerprint density at radius 3 is 1.61 bits per heavy atom. The van der Waals surface area contributed by atoms with Gasteiger partial charge in [0.2, 0.25) is 11.8 Å². The molecule has 2 bridgehead atoms. The smallest absolute Gasteiger partial charge is 0.269 e. The van der Waals surface area contributed by atoms with Crippen molar-refractivity contribution in [3.05, 3.63) is 142 Å². The van der Waals surface area contributed by atoms with Gasteiger partial charge in [-0.25, -0.2) is 0 Å². The number of hydrazine groups is 1. The van der Waals surface area contributed by atoms with Crippen molar-refractivity contribution in [2.24, 2.45) is 11.8 Å². The molecule has 0 saturated carbocycles. The van der Waals surface area contributed by atoms with E-state index in [1.165, 1.54) is 12.1 Å². The van der Waals surface area contributed by atoms with Crippen LogP contribution in [-0.4, -0.2) is 34.6 Å². The van der Waals surface area contributed by atoms with Crippen molar-refractivity contribution in [2.45, 2.75) is 22.2 Å². The first-order valence-corrected chi connectivity index (χ1v) is 15.1. The summed E-state index contributed by atoms with van der Waals surface area (Å²) in [5, 5.41) is 0.452. The molecule has 3 aliphatic carbocycles. The Labute approximate surface area is 268 Å². The van der Waals surface area contributed by atoms with Crippen molar-refractivity contribution >= 4 is 58.4 Å². The largest absolute Gasteiger partial charge is 0.274 e. The number of nitrogens with one attached hydrogen (secondary N) is 2. The Morgan fingerprint density at radius 1 is 0.682 bits per heavy atom. The van der Waals surface area contributed by atoms with Crippen LogP contribution in [0.25, 0.3) is 0 Å². The van der Waals surface area contributed by atoms with Crippen LogP contribution >= 0.6 is 34.8 Å². The van der Waals surface area contributed by atoms with E-state index in [0.717, 1.165) is 4.90 Å². The molecule has 2 N–H and O–H groups in total. The zero-order valence-corrected chi connectivity index (χ0v) is 25.2. The Kier molecular flexibility index (Phi) is 6.81. The number of amides is 4. The van der Waals surface area contributed by atoms with E-state index in [0.29, 0.717) is 32.8 Å². The van der Waals surface area contributed by atoms with Crippen LogP contribution in [0.15, 0.2) is 103 Å². The van der Waals surface area contributed by atoms with Crippen molar-refractivity contribution in [3.63, 3.8) is 0 Å². The molecule has 4 amide bonds. The molecular formula is C34H24Cl3N3O4. The van der Waals surface area contributed by atoms with Crippen LogP contribution in [-0.2, 0) is 30.6 Å². The highest BCUT2D eigenvalue weighted by molar-refractivity contribution is 6.36. The summed E-state index contributed by atoms with van der Waals surface area (Å²) in [7, 11) is 0. The highest BCUT2D eigenvalue weighted by atomic mass is 35.5. The van der Waals surface area contributed by atoms with E-state index >= 15 is 0 Å². The van der Waals surface area contributed by atoms with Gasteiger partial charge in [-0.1, -0.05) is 90.5 Å². The summed E-state index contributed by atoms with van der Waals surface area (Å²) < 4.78 is 0. The second kappa shape index (κ2) is 10.5. The molecule has 4 aromatic rings. The molecule has 1 fully saturated rings. The summed E-state index contributed by atoms with van der Waals surface area (Å²) in [5.74, 6) is -4.65. The molecule has 10 heteroatoms. The zero-order valence-electron chi connectivity index (χ0n) is 23.0. The number of rotatable bonds is 5. The maximum atomic E-state index is 14.5. The number of benzene rings is 4. The van der Waals surface area contributed by atoms with Crippen LogP contribution in [0.3, 0.4) is 0 Å². The number of hydrogen-bond acceptors (Lipinski definition) is 4. The third-order valence-corrected chi connectivity index (χ3v) is 10.4. The minimum Gasteiger partial charge on any atom is -0.274 e. The molecule has 8 rings (SSSR count). The minimum absolute atomic E-state index is 0.00484. The summed E-state index contributed by atoms with van der Waals surface area (Å²) in [4.78, 5) is 53.9. The van der Waals surface area contributed by atoms with Gasteiger partial charge in [-0.2, -0.15) is 0 Å². The third kappa shape index (κ3) is 4.03. The molecule has 0 aromatic heterocycles. The highest BCUT2D eigenvalue weighted by Crippen LogP contribution is 2.69. The van der Waals surface area contributed by atoms with Crippen molar-refractivity contribution in [1.29, 1.82) is 0 Å². The number of alkyl halides is 2. The fourth-order valence-electron chi connectivity index (χ4n) is 7.01. The monoisotopic (exact) mass is 643 g/mol. The molecule has 1 aliphatic heterocycles. The lowest BCUT2D eigenvalue weighted by Gasteiger charge is -2.54. The van der Waals surface area contributed by atoms with E-state index < -0.39 is 51.3 Å². The molecular weight excluding hydrogens is 621 g/mol. The number of carbonyl (C=O) groups is 4. The second-order valence-corrected chi connectivity index (χ2v) is 12.8. The SMILES string of the molecule is O=C(NNC(=O)[C@H](Cc1ccccc1)N1C(=O)[C@H]2[C@H](C1=O)C1(Cl)c3ccccc3C2(Cl)c2ccccc21)c1ccc(Cl)cc1. The van der Waals surface area contributed by atoms with Crippen molar-refractivity contribution in [2.75, 3.05) is 0 Å². The molecule has 44 heavy (non-hydrogen) atoms. The van der Waals surface area contributed by atoms with Gasteiger partial charge in [0.05, 0.1) is 11.8 Å². The van der Waals surface area contributed by atoms with Crippen LogP contribution in [0, 0.1) is 11.8 Å². The Morgan fingerprint density at radius 2 is 1.14 bits per heavy atom. The van der Waals surface area contributed by atoms with E-state index in [4.69, 9.17) is 34.8 Å². The summed E-state index contributed by atoms with van der Waals surface area (Å²) in [5.41, 5.74) is 8.45. The predicted molar refractivity (Wildman–Crippen MR) is 166 cm³/mol. The van der Waals surface area contributed by atoms with Crippen molar-refractivity contribution < 1.29 is 19.2 Å². The van der Waals surface area contributed by atoms with Gasteiger partial charge in [-0.15, -0.1) is 23.2 Å². The molecule has 4 aliphatic rings. The van der Waals surface area contributed by atoms with E-state index in [1.54, 1.807) is 36.4 Å². The van der Waals surface area contributed by atoms with E-state index in [9.17, 15) is 19.2 Å². The Balaban J connectivity index is 1.28. The molecule has 1 heterocycles. The lowest BCUT2D eigenvalue weighted by molar-refractivity contribution is -0.148. The van der Waals surface area contributed by atoms with E-state index in [1.807, 2.05) is 54.6 Å². The third-order valence-electron chi connectivity index (χ3n) is 8.91. The molecule has 7 nitrogen and oxygen atoms in total. The quantitative estimate of drug-likeness (QED) is 0.175. The average Bonchev–Trinajstić information content (AvgIpc) is 3.32. The average molecular weight is 645 g/mol. The van der Waals surface area contributed by atoms with Crippen LogP contribution in [0.5, 0.6) is 0 Å². The number of hydrogen-bond donors (Lipinski definition) is 2. The number of carbonyl (C=O) groups excluding carboxylic acids is 4. The topological polar surface area (TPSA) is 95.6 Å². The second-order valence-electron chi connectivity index (χ2n) is 11.2. The highest BCUT2D eigenvalue weighted by Gasteiger charge is 2.73. The van der Waals surface area contributed by atoms with Crippen LogP contribution in [0.4, 0.5) is 0 Å². The maximum Gasteiger partial charge on any atom is 0.269 e. The number of nitrogens with zero attached hydrogens (tertiary/aromatic N) is 1. The van der Waals surface area contributed by atoms with Gasteiger partial charge in [-0.05, 0) is 52.1 Å². The van der Waals surface area contributed by atoms with Gasteiger partial charge in [0.25, 0.3) is 11.8 Å². The zero-order chi connectivity index (χ0) is 30.8. The molecule has 0 spiro atoms. The first kappa shape index (κ1) is 28.6. The van der Waals surface area contributed by atoms with Gasteiger partial charge < -0.3 is 0 Å². The molecule has 220 valence electrons. The van der Waals surface area contributed by atoms with Crippen LogP contribution in [0.1, 0.15) is 38.2 Å². The van der Waals surface area contributed by atoms with Gasteiger partial charge in [-0.3, -0.25) is 34.9 Å². The lowest BCUT2D eigenvalue weighted by atomic mass is 9.54. The number of likely N-dealkylation sites (tertiary alicyclic amines) is 1. The van der Waals surface area contributed by atoms with Crippen molar-refractivity contribution in [3.8, 4) is 0 Å². The predicted octanol–water partition coefficient (Wildman–Crippen LogP) is 5.31. The summed E-state index contributed by atoms with van der Waals surface area (Å²) in [6.07, 6.45) is 0.00484. The molecule has 0 radical (unpaired) electrons. The van der Waals surface area contributed by atoms with Gasteiger partial charge >= 0.3 is 0 Å². The molecule has 4 aromatic carbocycles. The number of halogens is 3. The van der Waals surface area contributed by atoms with Crippen molar-refractivity contribution in [1.82, 2.24) is 15.8 Å². The standard InChI is InChI=1S/C34H24Cl3N3O4/c35-21-16-14-20(15-17-21)29(41)38-39-30(42)26(18-19-8-2-1-3-9-19)40-31(43)27-28(32(40)44)34(37)23-11-5-4-10-22(23)33(27,36)24-12-6-7-13-25(24)34/h1-17,26-28H,18H2,(H,38,41)(H,39,42)/t26-,27+,28+,33?,34?/m0/s1. The van der Waals surface area contributed by atoms with Gasteiger partial charge in [0.1, 0.15) is 15.8 Å². The maximum absolute atomic E-state index is 14.5. The summed E-state index contributed by atoms with van der Waals surface area (Å²) >= 11 is 21.0. The normalized spacial score (nSPS) is 25.1. The first-order chi connectivity index (χ1) is 21.2. The van der Waals surface area contributed by atoms with Gasteiger partial charge in [0, 0.05) is 17.0 Å². The van der Waals surface area contributed by atoms with E-state index in [2.05, 4.69) is 10.9 Å². The van der Waals surface area contributed by atoms with Crippen LogP contribution in [0.2, 0.25) is 5.02 Å². The fraction of sp³-hybridized carbons (Fsp3) is 0.176. The molecule has 3 atom stereocenters. The summed E-state index contributed by atoms with van der Waals surface area (Å²) in [6.45, 7) is 0. The first-order valence-electron chi connectivity index (χ1n) is 14.0. The summed E-state index contributed by atoms with van der Waals surface area (Å²) in [6, 6.07) is 28.5. The Bertz CT molecular complexity index is 1720. The van der Waals surface area contributed by atoms with E-state index in [-0.39, 0.29) is 12.0 Å². The molecule has 0 unspecified atom stereocenters. The fourth-order valence-corrected chi connectivity index (χ4v) is 8.23. The van der Waals surface area contributed by atoms with Crippen LogP contribution < -0.4 is 10.9 Å². The number of imide groups is 1. The molecule has 1 saturated heterocycles. The Hall–Kier alpha value is -4.17. The lowest BCUT2D eigenvalue weighted by Crippen LogP contribution is -2.57. The van der Waals surface area contributed by atoms with Gasteiger partial charge in [0.15, 0.2) is 0 Å². The minimum atomic E-state index is -1.38.